The Morgan fingerprint density at radius 1 is 1.09 bits per heavy atom. The van der Waals surface area contributed by atoms with E-state index in [-0.39, 0.29) is 5.91 Å². The summed E-state index contributed by atoms with van der Waals surface area (Å²) in [5.41, 5.74) is 1.66. The van der Waals surface area contributed by atoms with Gasteiger partial charge in [-0.3, -0.25) is 4.79 Å². The van der Waals surface area contributed by atoms with Gasteiger partial charge in [-0.25, -0.2) is 0 Å². The third kappa shape index (κ3) is 5.61. The molecule has 0 aliphatic rings. The van der Waals surface area contributed by atoms with E-state index in [2.05, 4.69) is 5.32 Å². The lowest BCUT2D eigenvalue weighted by Gasteiger charge is -2.09. The molecule has 2 aromatic carbocycles. The van der Waals surface area contributed by atoms with Crippen LogP contribution in [0, 0.1) is 6.92 Å². The molecule has 23 heavy (non-hydrogen) atoms. The van der Waals surface area contributed by atoms with Crippen molar-refractivity contribution in [2.45, 2.75) is 19.8 Å². The first-order valence-corrected chi connectivity index (χ1v) is 8.23. The number of amides is 1. The Bertz CT molecular complexity index is 704. The molecule has 0 radical (unpaired) electrons. The minimum Gasteiger partial charge on any atom is -0.492 e. The first-order valence-electron chi connectivity index (χ1n) is 7.09. The fourth-order valence-corrected chi connectivity index (χ4v) is 2.69. The molecule has 0 fully saturated rings. The molecule has 0 heterocycles. The molecule has 0 aromatic heterocycles. The zero-order valence-electron chi connectivity index (χ0n) is 12.5. The number of carbonyl (C=O) groups is 1. The van der Waals surface area contributed by atoms with Crippen LogP contribution in [0.1, 0.15) is 18.4 Å². The largest absolute Gasteiger partial charge is 0.492 e. The molecule has 1 amide bonds. The maximum Gasteiger partial charge on any atom is 0.224 e. The number of hydrogen-bond acceptors (Lipinski definition) is 2. The quantitative estimate of drug-likeness (QED) is 0.655. The summed E-state index contributed by atoms with van der Waals surface area (Å²) in [4.78, 5) is 11.9. The van der Waals surface area contributed by atoms with Gasteiger partial charge in [-0.15, -0.1) is 0 Å². The van der Waals surface area contributed by atoms with E-state index in [1.54, 1.807) is 24.3 Å². The molecule has 0 saturated heterocycles. The molecule has 2 aromatic rings. The van der Waals surface area contributed by atoms with Gasteiger partial charge in [0.15, 0.2) is 0 Å². The van der Waals surface area contributed by atoms with Crippen LogP contribution >= 0.6 is 34.8 Å². The topological polar surface area (TPSA) is 38.3 Å². The zero-order chi connectivity index (χ0) is 16.8. The van der Waals surface area contributed by atoms with Crippen LogP contribution in [0.5, 0.6) is 5.75 Å². The molecular weight excluding hydrogens is 357 g/mol. The summed E-state index contributed by atoms with van der Waals surface area (Å²) in [5.74, 6) is 0.444. The van der Waals surface area contributed by atoms with Crippen molar-refractivity contribution in [3.8, 4) is 5.75 Å². The second-order valence-corrected chi connectivity index (χ2v) is 6.31. The van der Waals surface area contributed by atoms with E-state index in [1.165, 1.54) is 0 Å². The summed E-state index contributed by atoms with van der Waals surface area (Å²) in [7, 11) is 0. The Morgan fingerprint density at radius 2 is 1.87 bits per heavy atom. The molecule has 3 nitrogen and oxygen atoms in total. The van der Waals surface area contributed by atoms with Gasteiger partial charge in [-0.1, -0.05) is 40.9 Å². The maximum atomic E-state index is 11.9. The first-order chi connectivity index (χ1) is 11.0. The van der Waals surface area contributed by atoms with Gasteiger partial charge < -0.3 is 10.1 Å². The molecule has 0 aliphatic heterocycles. The highest BCUT2D eigenvalue weighted by atomic mass is 35.5. The monoisotopic (exact) mass is 371 g/mol. The smallest absolute Gasteiger partial charge is 0.224 e. The van der Waals surface area contributed by atoms with Gasteiger partial charge in [0.05, 0.1) is 22.3 Å². The highest BCUT2D eigenvalue weighted by Crippen LogP contribution is 2.27. The fraction of sp³-hybridized carbons (Fsp3) is 0.235. The van der Waals surface area contributed by atoms with Crippen molar-refractivity contribution in [2.75, 3.05) is 11.9 Å². The van der Waals surface area contributed by atoms with Gasteiger partial charge in [0, 0.05) is 11.4 Å². The zero-order valence-corrected chi connectivity index (χ0v) is 14.8. The third-order valence-electron chi connectivity index (χ3n) is 3.10. The molecular formula is C17H16Cl3NO2. The average Bonchev–Trinajstić information content (AvgIpc) is 2.48. The van der Waals surface area contributed by atoms with Crippen molar-refractivity contribution in [1.82, 2.24) is 0 Å². The van der Waals surface area contributed by atoms with Crippen molar-refractivity contribution in [2.24, 2.45) is 0 Å². The predicted octanol–water partition coefficient (Wildman–Crippen LogP) is 5.75. The van der Waals surface area contributed by atoms with Crippen LogP contribution in [0.4, 0.5) is 5.69 Å². The van der Waals surface area contributed by atoms with Crippen LogP contribution in [-0.2, 0) is 4.79 Å². The van der Waals surface area contributed by atoms with Crippen LogP contribution in [0.2, 0.25) is 15.1 Å². The SMILES string of the molecule is Cc1ccc(NC(=O)CCCOc2ccc(Cl)cc2Cl)c(Cl)c1. The number of hydrogen-bond donors (Lipinski definition) is 1. The van der Waals surface area contributed by atoms with Gasteiger partial charge in [0.1, 0.15) is 5.75 Å². The fourth-order valence-electron chi connectivity index (χ4n) is 1.94. The summed E-state index contributed by atoms with van der Waals surface area (Å²) < 4.78 is 5.54. The number of carbonyl (C=O) groups excluding carboxylic acids is 1. The van der Waals surface area contributed by atoms with Gasteiger partial charge in [0.2, 0.25) is 5.91 Å². The van der Waals surface area contributed by atoms with E-state index in [0.717, 1.165) is 5.56 Å². The molecule has 1 N–H and O–H groups in total. The number of aryl methyl sites for hydroxylation is 1. The molecule has 0 spiro atoms. The second kappa shape index (κ2) is 8.44. The van der Waals surface area contributed by atoms with Crippen LogP contribution < -0.4 is 10.1 Å². The second-order valence-electron chi connectivity index (χ2n) is 5.06. The van der Waals surface area contributed by atoms with Crippen molar-refractivity contribution in [3.05, 3.63) is 57.0 Å². The van der Waals surface area contributed by atoms with Gasteiger partial charge in [-0.05, 0) is 49.2 Å². The number of ether oxygens (including phenoxy) is 1. The standard InChI is InChI=1S/C17H16Cl3NO2/c1-11-4-6-15(13(19)9-11)21-17(22)3-2-8-23-16-7-5-12(18)10-14(16)20/h4-7,9-10H,2-3,8H2,1H3,(H,21,22). The molecule has 0 unspecified atom stereocenters. The van der Waals surface area contributed by atoms with E-state index in [0.29, 0.717) is 46.0 Å². The van der Waals surface area contributed by atoms with Crippen molar-refractivity contribution < 1.29 is 9.53 Å². The average molecular weight is 373 g/mol. The van der Waals surface area contributed by atoms with Crippen molar-refractivity contribution in [3.63, 3.8) is 0 Å². The van der Waals surface area contributed by atoms with Crippen LogP contribution in [0.25, 0.3) is 0 Å². The van der Waals surface area contributed by atoms with E-state index in [4.69, 9.17) is 39.5 Å². The molecule has 122 valence electrons. The molecule has 0 saturated carbocycles. The number of anilines is 1. The lowest BCUT2D eigenvalue weighted by atomic mass is 10.2. The van der Waals surface area contributed by atoms with E-state index < -0.39 is 0 Å². The lowest BCUT2D eigenvalue weighted by molar-refractivity contribution is -0.116. The molecule has 0 atom stereocenters. The van der Waals surface area contributed by atoms with Crippen molar-refractivity contribution in [1.29, 1.82) is 0 Å². The molecule has 2 rings (SSSR count). The minimum absolute atomic E-state index is 0.110. The Hall–Kier alpha value is -1.42. The Kier molecular flexibility index (Phi) is 6.58. The van der Waals surface area contributed by atoms with E-state index in [1.807, 2.05) is 19.1 Å². The van der Waals surface area contributed by atoms with E-state index >= 15 is 0 Å². The Labute approximate surface area is 150 Å². The van der Waals surface area contributed by atoms with Crippen LogP contribution in [0.3, 0.4) is 0 Å². The summed E-state index contributed by atoms with van der Waals surface area (Å²) in [6, 6.07) is 10.5. The minimum atomic E-state index is -0.110. The molecule has 0 aliphatic carbocycles. The maximum absolute atomic E-state index is 11.9. The number of rotatable bonds is 6. The summed E-state index contributed by atoms with van der Waals surface area (Å²) in [6.07, 6.45) is 0.893. The van der Waals surface area contributed by atoms with Crippen LogP contribution in [-0.4, -0.2) is 12.5 Å². The lowest BCUT2D eigenvalue weighted by Crippen LogP contribution is -2.13. The van der Waals surface area contributed by atoms with Crippen LogP contribution in [0.15, 0.2) is 36.4 Å². The highest BCUT2D eigenvalue weighted by Gasteiger charge is 2.07. The number of nitrogens with one attached hydrogen (secondary N) is 1. The van der Waals surface area contributed by atoms with E-state index in [9.17, 15) is 4.79 Å². The molecule has 6 heteroatoms. The normalized spacial score (nSPS) is 10.4. The third-order valence-corrected chi connectivity index (χ3v) is 3.94. The highest BCUT2D eigenvalue weighted by molar-refractivity contribution is 6.35. The van der Waals surface area contributed by atoms with Gasteiger partial charge in [0.25, 0.3) is 0 Å². The molecule has 0 bridgehead atoms. The summed E-state index contributed by atoms with van der Waals surface area (Å²) in [5, 5.41) is 4.32. The first kappa shape index (κ1) is 17.9. The summed E-state index contributed by atoms with van der Waals surface area (Å²) in [6.45, 7) is 2.33. The van der Waals surface area contributed by atoms with Gasteiger partial charge >= 0.3 is 0 Å². The van der Waals surface area contributed by atoms with Crippen molar-refractivity contribution >= 4 is 46.4 Å². The Morgan fingerprint density at radius 3 is 2.57 bits per heavy atom. The predicted molar refractivity (Wildman–Crippen MR) is 96.0 cm³/mol. The van der Waals surface area contributed by atoms with Gasteiger partial charge in [-0.2, -0.15) is 0 Å². The number of halogens is 3. The number of benzene rings is 2. The Balaban J connectivity index is 1.76. The summed E-state index contributed by atoms with van der Waals surface area (Å²) >= 11 is 17.9.